The third-order valence-electron chi connectivity index (χ3n) is 16.7. The largest absolute Gasteiger partial charge is 0.459 e. The third kappa shape index (κ3) is 13.0. The molecule has 102 heavy (non-hydrogen) atoms. The van der Waals surface area contributed by atoms with Gasteiger partial charge in [-0.25, -0.2) is 38.8 Å². The van der Waals surface area contributed by atoms with Gasteiger partial charge in [0.15, 0.2) is 0 Å². The number of carbonyl (C=O) groups is 10. The summed E-state index contributed by atoms with van der Waals surface area (Å²) >= 11 is 1.54. The van der Waals surface area contributed by atoms with Gasteiger partial charge in [0.25, 0.3) is 23.6 Å². The molecular weight excluding hydrogens is 1350 g/mol. The van der Waals surface area contributed by atoms with Crippen LogP contribution in [0.1, 0.15) is 58.4 Å². The third-order valence-corrected chi connectivity index (χ3v) is 18.8. The van der Waals surface area contributed by atoms with Gasteiger partial charge in [-0.15, -0.1) is 22.7 Å². The van der Waals surface area contributed by atoms with Crippen molar-refractivity contribution in [3.05, 3.63) is 273 Å². The lowest BCUT2D eigenvalue weighted by atomic mass is 9.85. The summed E-state index contributed by atoms with van der Waals surface area (Å²) in [5, 5.41) is -0.318. The van der Waals surface area contributed by atoms with Gasteiger partial charge in [-0.05, 0) is 71.5 Å². The predicted octanol–water partition coefficient (Wildman–Crippen LogP) is 11.3. The molecule has 0 radical (unpaired) electrons. The van der Waals surface area contributed by atoms with Gasteiger partial charge in [0.2, 0.25) is 0 Å². The minimum absolute atomic E-state index is 0.00298. The zero-order chi connectivity index (χ0) is 71.4. The number of carbonyl (C=O) groups excluding carboxylic acids is 10. The second-order valence-corrected chi connectivity index (χ2v) is 25.3. The van der Waals surface area contributed by atoms with E-state index in [9.17, 15) is 28.8 Å². The second-order valence-electron chi connectivity index (χ2n) is 23.3. The number of esters is 4. The van der Waals surface area contributed by atoms with Gasteiger partial charge in [0.1, 0.15) is 84.0 Å². The van der Waals surface area contributed by atoms with Crippen molar-refractivity contribution in [1.82, 2.24) is 9.80 Å². The lowest BCUT2D eigenvalue weighted by molar-refractivity contribution is -0.185. The molecule has 0 saturated carbocycles. The summed E-state index contributed by atoms with van der Waals surface area (Å²) < 4.78 is 48.8. The number of thiophene rings is 2. The van der Waals surface area contributed by atoms with E-state index in [0.717, 1.165) is 22.7 Å². The van der Waals surface area contributed by atoms with Crippen LogP contribution in [0.15, 0.2) is 239 Å². The summed E-state index contributed by atoms with van der Waals surface area (Å²) in [4.78, 5) is 156. The number of imide groups is 6. The summed E-state index contributed by atoms with van der Waals surface area (Å²) in [6.07, 6.45) is -2.74. The van der Waals surface area contributed by atoms with E-state index in [-0.39, 0.29) is 87.7 Å². The molecule has 0 atom stereocenters. The van der Waals surface area contributed by atoms with Crippen LogP contribution in [0.4, 0.5) is 19.6 Å². The van der Waals surface area contributed by atoms with Crippen molar-refractivity contribution in [2.75, 3.05) is 0 Å². The number of benzene rings is 7. The lowest BCUT2D eigenvalue weighted by Gasteiger charge is -2.37. The first-order valence-electron chi connectivity index (χ1n) is 31.3. The zero-order valence-electron chi connectivity index (χ0n) is 54.0. The van der Waals surface area contributed by atoms with E-state index >= 15 is 19.2 Å². The van der Waals surface area contributed by atoms with Crippen LogP contribution in [-0.4, -0.2) is 80.9 Å². The molecule has 24 nitrogen and oxygen atoms in total. The Kier molecular flexibility index (Phi) is 18.9. The molecule has 2 aromatic heterocycles. The Bertz CT molecular complexity index is 4610. The molecule has 4 aliphatic heterocycles. The van der Waals surface area contributed by atoms with Gasteiger partial charge in [-0.1, -0.05) is 182 Å². The van der Waals surface area contributed by atoms with Gasteiger partial charge < -0.3 is 49.4 Å². The number of nitrogens with two attached hydrogens (primary N) is 2. The molecule has 0 unspecified atom stereocenters. The van der Waals surface area contributed by atoms with Crippen LogP contribution in [0.5, 0.6) is 11.5 Å². The van der Waals surface area contributed by atoms with E-state index in [2.05, 4.69) is 9.98 Å². The van der Waals surface area contributed by atoms with E-state index in [4.69, 9.17) is 49.4 Å². The molecular formula is C76H56N6O18S2. The minimum Gasteiger partial charge on any atom is -0.459 e. The Labute approximate surface area is 588 Å². The molecule has 0 aliphatic carbocycles. The van der Waals surface area contributed by atoms with Gasteiger partial charge in [-0.2, -0.15) is 9.80 Å². The van der Waals surface area contributed by atoms with Crippen molar-refractivity contribution in [2.24, 2.45) is 21.5 Å². The van der Waals surface area contributed by atoms with Crippen LogP contribution in [0, 0.1) is 0 Å². The predicted molar refractivity (Wildman–Crippen MR) is 368 cm³/mol. The number of nitrogens with zero attached hydrogens (tertiary/aromatic N) is 4. The summed E-state index contributed by atoms with van der Waals surface area (Å²) in [6.45, 7) is 0.359. The standard InChI is InChI=1S/C76H56N6O18S2/c1-43-59(77)65(83)81(73(91)97-41-49-29-17-7-18-30-49)67(85)61(43)79-57-35-53-63(101-57)51-33-56-52(34-55(51)99-75(53,69(87)93-37-45-21-9-3-10-22-45)70(88)94-38-46-23-11-4-12-24-46)64-54(76(100-56,71(89)95-39-47-25-13-5-14-26-47)72(90)96-40-48-27-15-6-16-28-48)36-58(102-64)80-62-44(2)60(78)66(84)82(68(62)86)74(92)98-42-50-31-19-8-20-32-50/h3-36H,37-42,77-78H2,1-2H3/b79-61+,80-62+. The van der Waals surface area contributed by atoms with E-state index in [1.165, 1.54) is 38.1 Å². The Hall–Kier alpha value is -12.9. The first-order valence-corrected chi connectivity index (χ1v) is 33.0. The summed E-state index contributed by atoms with van der Waals surface area (Å²) in [7, 11) is 0. The van der Waals surface area contributed by atoms with Crippen molar-refractivity contribution >= 4 is 104 Å². The normalized spacial score (nSPS) is 15.6. The number of hydrogen-bond donors (Lipinski definition) is 2. The number of rotatable bonds is 18. The molecule has 9 aromatic rings. The Morgan fingerprint density at radius 1 is 0.382 bits per heavy atom. The summed E-state index contributed by atoms with van der Waals surface area (Å²) in [5.41, 5.74) is 6.91. The molecule has 0 spiro atoms. The molecule has 0 saturated heterocycles. The van der Waals surface area contributed by atoms with Gasteiger partial charge in [0.05, 0.1) is 0 Å². The van der Waals surface area contributed by atoms with Crippen molar-refractivity contribution in [2.45, 2.75) is 64.7 Å². The monoisotopic (exact) mass is 1400 g/mol. The molecule has 0 bridgehead atoms. The molecule has 0 fully saturated rings. The maximum absolute atomic E-state index is 15.6. The van der Waals surface area contributed by atoms with Crippen LogP contribution in [0.25, 0.3) is 20.9 Å². The van der Waals surface area contributed by atoms with Crippen LogP contribution in [-0.2, 0) is 118 Å². The summed E-state index contributed by atoms with van der Waals surface area (Å²) in [6, 6.07) is 56.2. The van der Waals surface area contributed by atoms with Crippen molar-refractivity contribution in [3.8, 4) is 32.4 Å². The van der Waals surface area contributed by atoms with Crippen LogP contribution >= 0.6 is 22.7 Å². The fourth-order valence-electron chi connectivity index (χ4n) is 11.3. The second kappa shape index (κ2) is 28.5. The fraction of sp³-hybridized carbons (Fsp3) is 0.132. The maximum atomic E-state index is 15.6. The van der Waals surface area contributed by atoms with Gasteiger partial charge in [0, 0.05) is 43.2 Å². The van der Waals surface area contributed by atoms with Gasteiger partial charge in [-0.3, -0.25) is 19.2 Å². The van der Waals surface area contributed by atoms with E-state index in [0.29, 0.717) is 33.4 Å². The average Bonchev–Trinajstić information content (AvgIpc) is 1.44. The number of hydrogen-bond acceptors (Lipinski definition) is 24. The summed E-state index contributed by atoms with van der Waals surface area (Å²) in [5.74, 6) is -10.6. The van der Waals surface area contributed by atoms with E-state index in [1.54, 1.807) is 182 Å². The Balaban J connectivity index is 0.998. The number of aliphatic imine (C=N–C) groups is 2. The average molecular weight is 1410 g/mol. The van der Waals surface area contributed by atoms with Crippen molar-refractivity contribution < 1.29 is 85.8 Å². The Morgan fingerprint density at radius 2 is 0.637 bits per heavy atom. The molecule has 7 aromatic carbocycles. The van der Waals surface area contributed by atoms with Crippen LogP contribution in [0.2, 0.25) is 0 Å². The SMILES string of the molecule is CC1=C(N)C(=O)N(C(=O)OCc2ccccc2)C(=O)/C1=N/c1cc2c(s1)-c1cc3c(cc1OC2(C(=O)OCc1ccccc1)C(=O)OCc1ccccc1)-c1sc(/N=C2/C(=O)N(C(=O)OCc4ccccc4)C(=O)C(N)=C2C)cc1C(C(=O)OCc1ccccc1)(C(=O)OCc1ccccc1)O3. The molecule has 6 heterocycles. The fourth-order valence-corrected chi connectivity index (χ4v) is 13.5. The molecule has 13 rings (SSSR count). The van der Waals surface area contributed by atoms with Crippen LogP contribution in [0.3, 0.4) is 0 Å². The van der Waals surface area contributed by atoms with E-state index in [1.807, 2.05) is 0 Å². The van der Waals surface area contributed by atoms with Crippen molar-refractivity contribution in [3.63, 3.8) is 0 Å². The smallest absolute Gasteiger partial charge is 0.424 e. The van der Waals surface area contributed by atoms with Crippen molar-refractivity contribution in [1.29, 1.82) is 0 Å². The first kappa shape index (κ1) is 67.6. The maximum Gasteiger partial charge on any atom is 0.424 e. The highest BCUT2D eigenvalue weighted by atomic mass is 32.1. The molecule has 4 N–H and O–H groups in total. The zero-order valence-corrected chi connectivity index (χ0v) is 55.6. The lowest BCUT2D eigenvalue weighted by Crippen LogP contribution is -2.52. The highest BCUT2D eigenvalue weighted by Gasteiger charge is 2.61. The quantitative estimate of drug-likeness (QED) is 0.0349. The number of ether oxygens (including phenoxy) is 8. The Morgan fingerprint density at radius 3 is 0.902 bits per heavy atom. The number of amides is 6. The molecule has 26 heteroatoms. The number of fused-ring (bicyclic) bond motifs is 6. The topological polar surface area (TPSA) is 328 Å². The first-order chi connectivity index (χ1) is 49.3. The molecule has 510 valence electrons. The highest BCUT2D eigenvalue weighted by Crippen LogP contribution is 2.59. The van der Waals surface area contributed by atoms with Gasteiger partial charge >= 0.3 is 47.3 Å². The minimum atomic E-state index is -2.94. The molecule has 6 amide bonds. The molecule has 4 aliphatic rings. The van der Waals surface area contributed by atoms with E-state index < -0.39 is 120 Å². The van der Waals surface area contributed by atoms with Crippen LogP contribution < -0.4 is 20.9 Å². The highest BCUT2D eigenvalue weighted by molar-refractivity contribution is 7.20.